The van der Waals surface area contributed by atoms with Crippen LogP contribution in [0.4, 0.5) is 11.4 Å². The van der Waals surface area contributed by atoms with Gasteiger partial charge in [-0.1, -0.05) is 0 Å². The maximum absolute atomic E-state index is 11.2. The number of carbonyl (C=O) groups excluding carboxylic acids is 1. The second kappa shape index (κ2) is 4.14. The van der Waals surface area contributed by atoms with E-state index in [1.165, 1.54) is 0 Å². The predicted molar refractivity (Wildman–Crippen MR) is 54.2 cm³/mol. The topological polar surface area (TPSA) is 106 Å². The van der Waals surface area contributed by atoms with Crippen LogP contribution in [0.3, 0.4) is 0 Å². The van der Waals surface area contributed by atoms with Gasteiger partial charge < -0.3 is 10.8 Å². The molecule has 1 aromatic carbocycles. The molecule has 1 rings (SSSR count). The molecule has 0 amide bonds. The molecule has 15 heavy (non-hydrogen) atoms. The first-order chi connectivity index (χ1) is 6.97. The first kappa shape index (κ1) is 11.3. The predicted octanol–water partition coefficient (Wildman–Crippen LogP) is 1.30. The molecule has 0 radical (unpaired) electrons. The van der Waals surface area contributed by atoms with Crippen molar-refractivity contribution in [2.45, 2.75) is 0 Å². The number of benzene rings is 1. The molecule has 0 unspecified atom stereocenters. The van der Waals surface area contributed by atoms with E-state index >= 15 is 0 Å². The van der Waals surface area contributed by atoms with Crippen LogP contribution in [-0.2, 0) is 0 Å². The van der Waals surface area contributed by atoms with E-state index in [0.717, 1.165) is 12.1 Å². The summed E-state index contributed by atoms with van der Waals surface area (Å²) in [7, 11) is 0. The summed E-state index contributed by atoms with van der Waals surface area (Å²) in [5.41, 5.74) is 4.52. The van der Waals surface area contributed by atoms with Gasteiger partial charge in [0.15, 0.2) is 5.78 Å². The Labute approximate surface area is 89.4 Å². The number of hydrogen-bond donors (Lipinski definition) is 2. The van der Waals surface area contributed by atoms with Crippen LogP contribution >= 0.6 is 11.6 Å². The van der Waals surface area contributed by atoms with Crippen molar-refractivity contribution in [3.63, 3.8) is 0 Å². The van der Waals surface area contributed by atoms with E-state index in [4.69, 9.17) is 17.3 Å². The molecular formula is C8H7ClN2O4. The number of anilines is 1. The van der Waals surface area contributed by atoms with Crippen molar-refractivity contribution in [1.29, 1.82) is 0 Å². The van der Waals surface area contributed by atoms with Gasteiger partial charge in [0.2, 0.25) is 5.75 Å². The summed E-state index contributed by atoms with van der Waals surface area (Å²) < 4.78 is 0. The number of nitrogen functional groups attached to an aromatic ring is 1. The minimum Gasteiger partial charge on any atom is -0.502 e. The Hall–Kier alpha value is -1.82. The maximum Gasteiger partial charge on any atom is 0.313 e. The average molecular weight is 231 g/mol. The van der Waals surface area contributed by atoms with Crippen LogP contribution in [0, 0.1) is 10.1 Å². The van der Waals surface area contributed by atoms with Gasteiger partial charge in [-0.25, -0.2) is 0 Å². The summed E-state index contributed by atoms with van der Waals surface area (Å²) in [6.45, 7) is 0. The molecule has 80 valence electrons. The van der Waals surface area contributed by atoms with Gasteiger partial charge in [-0.3, -0.25) is 14.9 Å². The van der Waals surface area contributed by atoms with Gasteiger partial charge in [-0.15, -0.1) is 11.6 Å². The molecule has 0 aromatic heterocycles. The number of nitrogens with zero attached hydrogens (tertiary/aromatic N) is 1. The quantitative estimate of drug-likeness (QED) is 0.203. The lowest BCUT2D eigenvalue weighted by Gasteiger charge is -2.03. The van der Waals surface area contributed by atoms with Crippen molar-refractivity contribution >= 4 is 28.8 Å². The van der Waals surface area contributed by atoms with Crippen LogP contribution in [0.5, 0.6) is 5.75 Å². The van der Waals surface area contributed by atoms with Crippen molar-refractivity contribution in [3.05, 3.63) is 27.8 Å². The lowest BCUT2D eigenvalue weighted by Crippen LogP contribution is -2.04. The van der Waals surface area contributed by atoms with Crippen molar-refractivity contribution in [3.8, 4) is 5.75 Å². The van der Waals surface area contributed by atoms with Crippen LogP contribution in [0.2, 0.25) is 0 Å². The van der Waals surface area contributed by atoms with Crippen LogP contribution < -0.4 is 5.73 Å². The van der Waals surface area contributed by atoms with Gasteiger partial charge in [-0.2, -0.15) is 0 Å². The zero-order chi connectivity index (χ0) is 11.6. The number of alkyl halides is 1. The third-order valence-electron chi connectivity index (χ3n) is 1.73. The lowest BCUT2D eigenvalue weighted by molar-refractivity contribution is -0.385. The number of rotatable bonds is 3. The number of nitro benzene ring substituents is 1. The molecule has 6 nitrogen and oxygen atoms in total. The first-order valence-corrected chi connectivity index (χ1v) is 4.37. The molecule has 0 aliphatic rings. The number of carbonyl (C=O) groups is 1. The van der Waals surface area contributed by atoms with Crippen LogP contribution in [-0.4, -0.2) is 21.7 Å². The Morgan fingerprint density at radius 3 is 2.67 bits per heavy atom. The number of phenolic OH excluding ortho intramolecular Hbond substituents is 1. The number of nitro groups is 1. The number of nitrogens with two attached hydrogens (primary N) is 1. The van der Waals surface area contributed by atoms with Gasteiger partial charge in [0.1, 0.15) is 0 Å². The Bertz CT molecular complexity index is 433. The van der Waals surface area contributed by atoms with E-state index in [1.807, 2.05) is 0 Å². The summed E-state index contributed by atoms with van der Waals surface area (Å²) in [5, 5.41) is 19.9. The molecule has 1 aromatic rings. The van der Waals surface area contributed by atoms with E-state index in [9.17, 15) is 20.0 Å². The highest BCUT2D eigenvalue weighted by Gasteiger charge is 2.21. The summed E-state index contributed by atoms with van der Waals surface area (Å²) in [4.78, 5) is 20.9. The normalized spacial score (nSPS) is 9.93. The van der Waals surface area contributed by atoms with E-state index in [2.05, 4.69) is 0 Å². The highest BCUT2D eigenvalue weighted by atomic mass is 35.5. The van der Waals surface area contributed by atoms with Gasteiger partial charge in [0, 0.05) is 11.8 Å². The molecule has 0 saturated carbocycles. The minimum atomic E-state index is -0.823. The van der Waals surface area contributed by atoms with Crippen LogP contribution in [0.1, 0.15) is 10.4 Å². The number of ketones is 1. The lowest BCUT2D eigenvalue weighted by atomic mass is 10.1. The molecule has 0 aliphatic carbocycles. The molecule has 3 N–H and O–H groups in total. The fourth-order valence-corrected chi connectivity index (χ4v) is 1.21. The fourth-order valence-electron chi connectivity index (χ4n) is 1.06. The summed E-state index contributed by atoms with van der Waals surface area (Å²) in [6.07, 6.45) is 0. The zero-order valence-electron chi connectivity index (χ0n) is 7.44. The van der Waals surface area contributed by atoms with E-state index < -0.39 is 22.1 Å². The van der Waals surface area contributed by atoms with Gasteiger partial charge >= 0.3 is 5.69 Å². The van der Waals surface area contributed by atoms with Crippen LogP contribution in [0.15, 0.2) is 12.1 Å². The maximum atomic E-state index is 11.2. The van der Waals surface area contributed by atoms with Gasteiger partial charge in [-0.05, 0) is 6.07 Å². The molecule has 0 spiro atoms. The van der Waals surface area contributed by atoms with Crippen molar-refractivity contribution in [2.24, 2.45) is 0 Å². The first-order valence-electron chi connectivity index (χ1n) is 3.83. The van der Waals surface area contributed by atoms with E-state index in [-0.39, 0.29) is 17.1 Å². The molecule has 0 fully saturated rings. The zero-order valence-corrected chi connectivity index (χ0v) is 8.19. The monoisotopic (exact) mass is 230 g/mol. The number of phenols is 1. The van der Waals surface area contributed by atoms with Crippen molar-refractivity contribution in [1.82, 2.24) is 0 Å². The fraction of sp³-hybridized carbons (Fsp3) is 0.125. The number of Topliss-reactive ketones (excluding diaryl/α,β-unsaturated/α-hetero) is 1. The van der Waals surface area contributed by atoms with Crippen molar-refractivity contribution in [2.75, 3.05) is 11.6 Å². The van der Waals surface area contributed by atoms with E-state index in [0.29, 0.717) is 0 Å². The van der Waals surface area contributed by atoms with Gasteiger partial charge in [0.05, 0.1) is 16.4 Å². The van der Waals surface area contributed by atoms with Crippen LogP contribution in [0.25, 0.3) is 0 Å². The number of aromatic hydroxyl groups is 1. The smallest absolute Gasteiger partial charge is 0.313 e. The summed E-state index contributed by atoms with van der Waals surface area (Å²) >= 11 is 5.27. The summed E-state index contributed by atoms with van der Waals surface area (Å²) in [6, 6.07) is 2.12. The SMILES string of the molecule is Nc1cc(C(=O)CCl)c(O)c([N+](=O)[O-])c1. The average Bonchev–Trinajstić information content (AvgIpc) is 2.19. The molecule has 7 heteroatoms. The molecule has 0 heterocycles. The molecule has 0 atom stereocenters. The third kappa shape index (κ3) is 2.16. The summed E-state index contributed by atoms with van der Waals surface area (Å²) in [5.74, 6) is -1.71. The molecule has 0 bridgehead atoms. The highest BCUT2D eigenvalue weighted by molar-refractivity contribution is 6.31. The van der Waals surface area contributed by atoms with E-state index in [1.54, 1.807) is 0 Å². The third-order valence-corrected chi connectivity index (χ3v) is 1.97. The highest BCUT2D eigenvalue weighted by Crippen LogP contribution is 2.32. The Morgan fingerprint density at radius 1 is 1.60 bits per heavy atom. The Balaban J connectivity index is 3.41. The number of halogens is 1. The Kier molecular flexibility index (Phi) is 3.11. The molecule has 0 aliphatic heterocycles. The number of hydrogen-bond acceptors (Lipinski definition) is 5. The Morgan fingerprint density at radius 2 is 2.20 bits per heavy atom. The minimum absolute atomic E-state index is 0.0213. The second-order valence-electron chi connectivity index (χ2n) is 2.75. The van der Waals surface area contributed by atoms with Crippen molar-refractivity contribution < 1.29 is 14.8 Å². The largest absolute Gasteiger partial charge is 0.502 e. The van der Waals surface area contributed by atoms with Gasteiger partial charge in [0.25, 0.3) is 0 Å². The second-order valence-corrected chi connectivity index (χ2v) is 3.02. The standard InChI is InChI=1S/C8H7ClN2O4/c9-3-7(12)5-1-4(10)2-6(8(5)13)11(14)15/h1-2,13H,3,10H2. The molecule has 0 saturated heterocycles. The molecular weight excluding hydrogens is 224 g/mol.